The van der Waals surface area contributed by atoms with Crippen molar-refractivity contribution >= 4 is 11.9 Å². The second-order valence-electron chi connectivity index (χ2n) is 7.70. The van der Waals surface area contributed by atoms with Crippen LogP contribution in [0.5, 0.6) is 0 Å². The Morgan fingerprint density at radius 2 is 1.86 bits per heavy atom. The molecule has 4 aliphatic carbocycles. The maximum atomic E-state index is 12.7. The van der Waals surface area contributed by atoms with Crippen molar-refractivity contribution in [2.75, 3.05) is 6.54 Å². The average Bonchev–Trinajstić information content (AvgIpc) is 2.40. The highest BCUT2D eigenvalue weighted by molar-refractivity contribution is 5.85. The molecule has 2 unspecified atom stereocenters. The van der Waals surface area contributed by atoms with Crippen molar-refractivity contribution in [1.82, 2.24) is 5.32 Å². The highest BCUT2D eigenvalue weighted by Gasteiger charge is 2.59. The molecule has 0 spiro atoms. The Morgan fingerprint density at radius 1 is 1.23 bits per heavy atom. The first-order valence-electron chi connectivity index (χ1n) is 8.23. The number of aliphatic hydroxyl groups is 1. The third-order valence-corrected chi connectivity index (χ3v) is 5.73. The molecule has 4 fully saturated rings. The van der Waals surface area contributed by atoms with Crippen molar-refractivity contribution in [3.8, 4) is 0 Å². The van der Waals surface area contributed by atoms with E-state index < -0.39 is 11.6 Å². The molecular formula is C17H25NO4. The molecule has 4 rings (SSSR count). The zero-order valence-corrected chi connectivity index (χ0v) is 13.1. The van der Waals surface area contributed by atoms with Gasteiger partial charge in [-0.15, -0.1) is 0 Å². The second kappa shape index (κ2) is 5.37. The molecular weight excluding hydrogens is 282 g/mol. The van der Waals surface area contributed by atoms with Crippen LogP contribution < -0.4 is 5.32 Å². The number of carboxylic acids is 1. The number of nitrogens with one attached hydrogen (secondary N) is 1. The summed E-state index contributed by atoms with van der Waals surface area (Å²) in [6, 6.07) is 0. The van der Waals surface area contributed by atoms with Crippen LogP contribution in [0.25, 0.3) is 0 Å². The van der Waals surface area contributed by atoms with Crippen molar-refractivity contribution in [1.29, 1.82) is 0 Å². The van der Waals surface area contributed by atoms with Gasteiger partial charge in [0, 0.05) is 12.1 Å². The molecule has 0 aliphatic heterocycles. The van der Waals surface area contributed by atoms with E-state index in [-0.39, 0.29) is 11.3 Å². The van der Waals surface area contributed by atoms with Gasteiger partial charge in [-0.05, 0) is 63.7 Å². The number of carboxylic acid groups (broad SMARTS) is 1. The maximum Gasteiger partial charge on any atom is 0.330 e. The van der Waals surface area contributed by atoms with Crippen molar-refractivity contribution in [3.63, 3.8) is 0 Å². The summed E-state index contributed by atoms with van der Waals surface area (Å²) in [4.78, 5) is 23.4. The molecule has 0 aromatic rings. The van der Waals surface area contributed by atoms with E-state index in [1.807, 2.05) is 0 Å². The molecule has 1 amide bonds. The summed E-state index contributed by atoms with van der Waals surface area (Å²) in [5.74, 6) is 0.119. The predicted molar refractivity (Wildman–Crippen MR) is 81.1 cm³/mol. The van der Waals surface area contributed by atoms with E-state index in [4.69, 9.17) is 5.11 Å². The molecule has 22 heavy (non-hydrogen) atoms. The van der Waals surface area contributed by atoms with Gasteiger partial charge >= 0.3 is 5.97 Å². The molecule has 5 heteroatoms. The maximum absolute atomic E-state index is 12.7. The quantitative estimate of drug-likeness (QED) is 0.534. The van der Waals surface area contributed by atoms with Crippen molar-refractivity contribution in [3.05, 3.63) is 11.6 Å². The molecule has 122 valence electrons. The number of amides is 1. The van der Waals surface area contributed by atoms with Gasteiger partial charge in [0.05, 0.1) is 11.0 Å². The summed E-state index contributed by atoms with van der Waals surface area (Å²) in [5, 5.41) is 22.4. The van der Waals surface area contributed by atoms with Crippen LogP contribution in [0.4, 0.5) is 0 Å². The first-order valence-corrected chi connectivity index (χ1v) is 8.23. The number of carbonyl (C=O) groups is 2. The average molecular weight is 307 g/mol. The molecule has 2 atom stereocenters. The Hall–Kier alpha value is -1.36. The first kappa shape index (κ1) is 15.5. The number of rotatable bonds is 5. The molecule has 0 radical (unpaired) electrons. The summed E-state index contributed by atoms with van der Waals surface area (Å²) in [6.45, 7) is 2.01. The van der Waals surface area contributed by atoms with Crippen molar-refractivity contribution in [2.24, 2.45) is 17.3 Å². The topological polar surface area (TPSA) is 86.6 Å². The summed E-state index contributed by atoms with van der Waals surface area (Å²) < 4.78 is 0. The second-order valence-corrected chi connectivity index (χ2v) is 7.70. The van der Waals surface area contributed by atoms with Crippen LogP contribution >= 0.6 is 0 Å². The number of hydrogen-bond donors (Lipinski definition) is 3. The van der Waals surface area contributed by atoms with E-state index in [0.717, 1.165) is 32.1 Å². The van der Waals surface area contributed by atoms with Gasteiger partial charge in [-0.3, -0.25) is 4.79 Å². The van der Waals surface area contributed by atoms with Crippen LogP contribution in [0, 0.1) is 17.3 Å². The smallest absolute Gasteiger partial charge is 0.330 e. The molecule has 4 aliphatic rings. The minimum Gasteiger partial charge on any atom is -0.478 e. The SMILES string of the molecule is CC(=CCCNC(=O)C12CC3CC(CC(O)(C3)C1)C2)C(=O)O. The molecule has 0 heterocycles. The van der Waals surface area contributed by atoms with Crippen LogP contribution in [0.15, 0.2) is 11.6 Å². The minimum atomic E-state index is -0.922. The van der Waals surface area contributed by atoms with E-state index >= 15 is 0 Å². The lowest BCUT2D eigenvalue weighted by atomic mass is 9.47. The molecule has 4 bridgehead atoms. The minimum absolute atomic E-state index is 0.0569. The van der Waals surface area contributed by atoms with E-state index in [2.05, 4.69) is 5.32 Å². The van der Waals surface area contributed by atoms with Gasteiger partial charge in [-0.1, -0.05) is 6.08 Å². The number of aliphatic carboxylic acids is 1. The van der Waals surface area contributed by atoms with Gasteiger partial charge in [-0.2, -0.15) is 0 Å². The van der Waals surface area contributed by atoms with Gasteiger partial charge in [0.2, 0.25) is 5.91 Å². The highest BCUT2D eigenvalue weighted by atomic mass is 16.4. The van der Waals surface area contributed by atoms with Crippen LogP contribution in [-0.4, -0.2) is 34.2 Å². The van der Waals surface area contributed by atoms with Crippen LogP contribution in [-0.2, 0) is 9.59 Å². The molecule has 4 saturated carbocycles. The lowest BCUT2D eigenvalue weighted by molar-refractivity contribution is -0.178. The molecule has 0 aromatic heterocycles. The Morgan fingerprint density at radius 3 is 2.41 bits per heavy atom. The van der Waals surface area contributed by atoms with Crippen LogP contribution in [0.2, 0.25) is 0 Å². The standard InChI is InChI=1S/C17H25NO4/c1-11(14(19)20)3-2-4-18-15(21)16-6-12-5-13(7-16)9-17(22,8-12)10-16/h3,12-13,22H,2,4-10H2,1H3,(H,18,21)(H,19,20). The van der Waals surface area contributed by atoms with Gasteiger partial charge in [0.1, 0.15) is 0 Å². The molecule has 5 nitrogen and oxygen atoms in total. The Balaban J connectivity index is 1.59. The normalized spacial score (nSPS) is 39.8. The Labute approximate surface area is 130 Å². The van der Waals surface area contributed by atoms with E-state index in [1.54, 1.807) is 13.0 Å². The summed E-state index contributed by atoms with van der Waals surface area (Å²) in [6.07, 6.45) is 7.45. The van der Waals surface area contributed by atoms with Crippen LogP contribution in [0.1, 0.15) is 51.9 Å². The largest absolute Gasteiger partial charge is 0.478 e. The monoisotopic (exact) mass is 307 g/mol. The van der Waals surface area contributed by atoms with Crippen LogP contribution in [0.3, 0.4) is 0 Å². The van der Waals surface area contributed by atoms with Crippen molar-refractivity contribution < 1.29 is 19.8 Å². The molecule has 0 aromatic carbocycles. The predicted octanol–water partition coefficient (Wildman–Crippen LogP) is 1.85. The van der Waals surface area contributed by atoms with E-state index in [0.29, 0.717) is 36.8 Å². The first-order chi connectivity index (χ1) is 10.3. The Bertz CT molecular complexity index is 511. The zero-order chi connectivity index (χ0) is 16.0. The zero-order valence-electron chi connectivity index (χ0n) is 13.1. The lowest BCUT2D eigenvalue weighted by Gasteiger charge is -2.59. The number of carbonyl (C=O) groups excluding carboxylic acids is 1. The molecule has 0 saturated heterocycles. The van der Waals surface area contributed by atoms with Gasteiger partial charge in [0.15, 0.2) is 0 Å². The van der Waals surface area contributed by atoms with Gasteiger partial charge in [-0.25, -0.2) is 4.79 Å². The fraction of sp³-hybridized carbons (Fsp3) is 0.765. The third-order valence-electron chi connectivity index (χ3n) is 5.73. The lowest BCUT2D eigenvalue weighted by Crippen LogP contribution is -2.60. The highest BCUT2D eigenvalue weighted by Crippen LogP contribution is 2.61. The molecule has 3 N–H and O–H groups in total. The van der Waals surface area contributed by atoms with Gasteiger partial charge < -0.3 is 15.5 Å². The van der Waals surface area contributed by atoms with Crippen molar-refractivity contribution in [2.45, 2.75) is 57.5 Å². The summed E-state index contributed by atoms with van der Waals surface area (Å²) in [5.41, 5.74) is -0.704. The van der Waals surface area contributed by atoms with E-state index in [9.17, 15) is 14.7 Å². The fourth-order valence-corrected chi connectivity index (χ4v) is 5.23. The summed E-state index contributed by atoms with van der Waals surface area (Å²) in [7, 11) is 0. The fourth-order valence-electron chi connectivity index (χ4n) is 5.23. The number of hydrogen-bond acceptors (Lipinski definition) is 3. The summed E-state index contributed by atoms with van der Waals surface area (Å²) >= 11 is 0. The van der Waals surface area contributed by atoms with E-state index in [1.165, 1.54) is 0 Å². The Kier molecular flexibility index (Phi) is 3.79. The third kappa shape index (κ3) is 2.78. The van der Waals surface area contributed by atoms with Gasteiger partial charge in [0.25, 0.3) is 0 Å².